The molecule has 4 rings (SSSR count). The Hall–Kier alpha value is -2.62. The molecule has 122 valence electrons. The maximum atomic E-state index is 12.5. The summed E-state index contributed by atoms with van der Waals surface area (Å²) in [6, 6.07) is 16.6. The van der Waals surface area contributed by atoms with Crippen LogP contribution >= 0.6 is 0 Å². The number of benzene rings is 2. The third-order valence-corrected chi connectivity index (χ3v) is 5.02. The van der Waals surface area contributed by atoms with Crippen molar-refractivity contribution in [3.8, 4) is 0 Å². The molecule has 2 aromatic carbocycles. The quantitative estimate of drug-likeness (QED) is 0.766. The first-order valence-electron chi connectivity index (χ1n) is 8.58. The number of carbonyl (C=O) groups is 1. The van der Waals surface area contributed by atoms with Gasteiger partial charge < -0.3 is 10.3 Å². The highest BCUT2D eigenvalue weighted by atomic mass is 16.1. The molecule has 1 heterocycles. The minimum atomic E-state index is 0.00895. The van der Waals surface area contributed by atoms with Crippen molar-refractivity contribution in [2.75, 3.05) is 0 Å². The number of imidazole rings is 1. The second-order valence-electron chi connectivity index (χ2n) is 6.57. The number of nitrogens with one attached hydrogen (secondary N) is 2. The van der Waals surface area contributed by atoms with Gasteiger partial charge in [-0.15, -0.1) is 0 Å². The standard InChI is InChI=1S/C20H21N3O/c24-20(16-8-11-18-19(12-16)22-13-21-18)23-17-9-6-15(7-10-17)14-4-2-1-3-5-14/h1-5,8,11-13,15,17H,6-7,9-10H2,(H,21,22)(H,23,24). The summed E-state index contributed by atoms with van der Waals surface area (Å²) in [4.78, 5) is 19.7. The van der Waals surface area contributed by atoms with Gasteiger partial charge in [-0.1, -0.05) is 30.3 Å². The molecule has 0 atom stereocenters. The SMILES string of the molecule is O=C(NC1CCC(c2ccccc2)CC1)c1ccc2nc[nH]c2c1. The van der Waals surface area contributed by atoms with E-state index in [4.69, 9.17) is 0 Å². The molecule has 0 spiro atoms. The number of fused-ring (bicyclic) bond motifs is 1. The Labute approximate surface area is 141 Å². The molecule has 1 amide bonds. The van der Waals surface area contributed by atoms with Gasteiger partial charge in [0.1, 0.15) is 0 Å². The molecule has 3 aromatic rings. The maximum Gasteiger partial charge on any atom is 0.251 e. The fourth-order valence-corrected chi connectivity index (χ4v) is 3.64. The van der Waals surface area contributed by atoms with E-state index < -0.39 is 0 Å². The number of hydrogen-bond donors (Lipinski definition) is 2. The zero-order valence-corrected chi connectivity index (χ0v) is 13.5. The van der Waals surface area contributed by atoms with Crippen molar-refractivity contribution in [1.82, 2.24) is 15.3 Å². The summed E-state index contributed by atoms with van der Waals surface area (Å²) in [5.74, 6) is 0.635. The minimum absolute atomic E-state index is 0.00895. The van der Waals surface area contributed by atoms with Crippen LogP contribution in [0.5, 0.6) is 0 Å². The Morgan fingerprint density at radius 1 is 1.04 bits per heavy atom. The van der Waals surface area contributed by atoms with E-state index in [1.54, 1.807) is 6.33 Å². The first kappa shape index (κ1) is 14.9. The van der Waals surface area contributed by atoms with E-state index in [2.05, 4.69) is 45.6 Å². The average Bonchev–Trinajstić information content (AvgIpc) is 3.11. The van der Waals surface area contributed by atoms with E-state index in [9.17, 15) is 4.79 Å². The molecule has 4 nitrogen and oxygen atoms in total. The molecule has 2 N–H and O–H groups in total. The van der Waals surface area contributed by atoms with Crippen molar-refractivity contribution >= 4 is 16.9 Å². The zero-order valence-electron chi connectivity index (χ0n) is 13.5. The van der Waals surface area contributed by atoms with Gasteiger partial charge in [-0.05, 0) is 55.4 Å². The lowest BCUT2D eigenvalue weighted by atomic mass is 9.82. The molecule has 0 radical (unpaired) electrons. The van der Waals surface area contributed by atoms with E-state index in [1.807, 2.05) is 18.2 Å². The number of rotatable bonds is 3. The molecule has 1 fully saturated rings. The topological polar surface area (TPSA) is 57.8 Å². The van der Waals surface area contributed by atoms with Crippen LogP contribution in [0.25, 0.3) is 11.0 Å². The third kappa shape index (κ3) is 3.04. The highest BCUT2D eigenvalue weighted by Crippen LogP contribution is 2.32. The molecule has 1 aliphatic rings. The summed E-state index contributed by atoms with van der Waals surface area (Å²) in [5, 5.41) is 3.19. The van der Waals surface area contributed by atoms with E-state index in [1.165, 1.54) is 5.56 Å². The van der Waals surface area contributed by atoms with Gasteiger partial charge in [-0.3, -0.25) is 4.79 Å². The smallest absolute Gasteiger partial charge is 0.251 e. The summed E-state index contributed by atoms with van der Waals surface area (Å²) in [5.41, 5.74) is 3.90. The predicted molar refractivity (Wildman–Crippen MR) is 95.0 cm³/mol. The molecule has 1 saturated carbocycles. The number of hydrogen-bond acceptors (Lipinski definition) is 2. The molecule has 0 aliphatic heterocycles. The predicted octanol–water partition coefficient (Wildman–Crippen LogP) is 4.02. The van der Waals surface area contributed by atoms with Gasteiger partial charge in [-0.25, -0.2) is 4.98 Å². The van der Waals surface area contributed by atoms with Crippen LogP contribution in [0.3, 0.4) is 0 Å². The molecule has 4 heteroatoms. The van der Waals surface area contributed by atoms with Crippen molar-refractivity contribution in [2.24, 2.45) is 0 Å². The number of nitrogens with zero attached hydrogens (tertiary/aromatic N) is 1. The summed E-state index contributed by atoms with van der Waals surface area (Å²) in [6.45, 7) is 0. The van der Waals surface area contributed by atoms with Crippen LogP contribution in [-0.2, 0) is 0 Å². The second kappa shape index (κ2) is 6.48. The number of amides is 1. The Kier molecular flexibility index (Phi) is 4.03. The molecule has 1 aromatic heterocycles. The maximum absolute atomic E-state index is 12.5. The van der Waals surface area contributed by atoms with Crippen molar-refractivity contribution in [3.05, 3.63) is 66.0 Å². The van der Waals surface area contributed by atoms with Crippen molar-refractivity contribution in [2.45, 2.75) is 37.6 Å². The lowest BCUT2D eigenvalue weighted by Gasteiger charge is -2.29. The number of carbonyl (C=O) groups excluding carboxylic acids is 1. The van der Waals surface area contributed by atoms with E-state index in [-0.39, 0.29) is 11.9 Å². The van der Waals surface area contributed by atoms with Crippen LogP contribution < -0.4 is 5.32 Å². The molecule has 0 unspecified atom stereocenters. The van der Waals surface area contributed by atoms with Gasteiger partial charge in [0, 0.05) is 11.6 Å². The fourth-order valence-electron chi connectivity index (χ4n) is 3.64. The van der Waals surface area contributed by atoms with Crippen LogP contribution in [0.4, 0.5) is 0 Å². The first-order chi connectivity index (χ1) is 11.8. The van der Waals surface area contributed by atoms with Crippen LogP contribution in [0.15, 0.2) is 54.9 Å². The highest BCUT2D eigenvalue weighted by Gasteiger charge is 2.23. The van der Waals surface area contributed by atoms with Gasteiger partial charge in [-0.2, -0.15) is 0 Å². The Morgan fingerprint density at radius 3 is 2.62 bits per heavy atom. The number of aromatic amines is 1. The van der Waals surface area contributed by atoms with Crippen molar-refractivity contribution in [3.63, 3.8) is 0 Å². The Bertz CT molecular complexity index is 832. The van der Waals surface area contributed by atoms with Crippen LogP contribution in [0.1, 0.15) is 47.5 Å². The first-order valence-corrected chi connectivity index (χ1v) is 8.58. The second-order valence-corrected chi connectivity index (χ2v) is 6.57. The van der Waals surface area contributed by atoms with E-state index >= 15 is 0 Å². The van der Waals surface area contributed by atoms with E-state index in [0.29, 0.717) is 11.5 Å². The zero-order chi connectivity index (χ0) is 16.4. The summed E-state index contributed by atoms with van der Waals surface area (Å²) < 4.78 is 0. The number of aromatic nitrogens is 2. The van der Waals surface area contributed by atoms with Crippen LogP contribution in [0.2, 0.25) is 0 Å². The molecule has 0 bridgehead atoms. The minimum Gasteiger partial charge on any atom is -0.349 e. The summed E-state index contributed by atoms with van der Waals surface area (Å²) >= 11 is 0. The van der Waals surface area contributed by atoms with Gasteiger partial charge >= 0.3 is 0 Å². The molecular formula is C20H21N3O. The molecular weight excluding hydrogens is 298 g/mol. The third-order valence-electron chi connectivity index (χ3n) is 5.02. The van der Waals surface area contributed by atoms with Gasteiger partial charge in [0.25, 0.3) is 5.91 Å². The van der Waals surface area contributed by atoms with Gasteiger partial charge in [0.2, 0.25) is 0 Å². The van der Waals surface area contributed by atoms with Crippen LogP contribution in [0, 0.1) is 0 Å². The largest absolute Gasteiger partial charge is 0.349 e. The Balaban J connectivity index is 1.37. The van der Waals surface area contributed by atoms with Gasteiger partial charge in [0.15, 0.2) is 0 Å². The molecule has 0 saturated heterocycles. The lowest BCUT2D eigenvalue weighted by Crippen LogP contribution is -2.37. The van der Waals surface area contributed by atoms with Gasteiger partial charge in [0.05, 0.1) is 17.4 Å². The molecule has 24 heavy (non-hydrogen) atoms. The monoisotopic (exact) mass is 319 g/mol. The summed E-state index contributed by atoms with van der Waals surface area (Å²) in [6.07, 6.45) is 6.00. The highest BCUT2D eigenvalue weighted by molar-refractivity contribution is 5.97. The van der Waals surface area contributed by atoms with Crippen LogP contribution in [-0.4, -0.2) is 21.9 Å². The fraction of sp³-hybridized carbons (Fsp3) is 0.300. The summed E-state index contributed by atoms with van der Waals surface area (Å²) in [7, 11) is 0. The Morgan fingerprint density at radius 2 is 1.83 bits per heavy atom. The normalized spacial score (nSPS) is 20.8. The number of H-pyrrole nitrogens is 1. The van der Waals surface area contributed by atoms with Crippen molar-refractivity contribution < 1.29 is 4.79 Å². The lowest BCUT2D eigenvalue weighted by molar-refractivity contribution is 0.0926. The van der Waals surface area contributed by atoms with E-state index in [0.717, 1.165) is 36.7 Å². The molecule has 1 aliphatic carbocycles. The average molecular weight is 319 g/mol. The van der Waals surface area contributed by atoms with Crippen molar-refractivity contribution in [1.29, 1.82) is 0 Å².